The van der Waals surface area contributed by atoms with Crippen LogP contribution in [0.1, 0.15) is 12.8 Å². The number of likely N-dealkylation sites (tertiary alicyclic amines) is 1. The summed E-state index contributed by atoms with van der Waals surface area (Å²) < 4.78 is 5.61. The average Bonchev–Trinajstić information content (AvgIpc) is 3.37. The van der Waals surface area contributed by atoms with E-state index in [0.29, 0.717) is 13.2 Å². The van der Waals surface area contributed by atoms with Gasteiger partial charge in [-0.05, 0) is 38.1 Å². The molecule has 1 aromatic heterocycles. The third kappa shape index (κ3) is 3.67. The molecule has 132 valence electrons. The lowest BCUT2D eigenvalue weighted by Gasteiger charge is -2.27. The Morgan fingerprint density at radius 1 is 1.28 bits per heavy atom. The molecule has 1 aromatic carbocycles. The highest BCUT2D eigenvalue weighted by Gasteiger charge is 2.35. The van der Waals surface area contributed by atoms with Crippen LogP contribution < -0.4 is 10.6 Å². The highest BCUT2D eigenvalue weighted by Crippen LogP contribution is 2.21. The van der Waals surface area contributed by atoms with Crippen molar-refractivity contribution in [3.63, 3.8) is 0 Å². The van der Waals surface area contributed by atoms with Gasteiger partial charge in [-0.25, -0.2) is 9.78 Å². The monoisotopic (exact) mass is 341 g/mol. The minimum atomic E-state index is -0.193. The molecule has 0 unspecified atom stereocenters. The quantitative estimate of drug-likeness (QED) is 0.795. The summed E-state index contributed by atoms with van der Waals surface area (Å²) in [4.78, 5) is 21.9. The molecule has 0 bridgehead atoms. The van der Waals surface area contributed by atoms with Crippen LogP contribution in [0.5, 0.6) is 0 Å². The molecule has 0 radical (unpaired) electrons. The molecule has 2 aliphatic heterocycles. The molecule has 2 saturated heterocycles. The van der Waals surface area contributed by atoms with Crippen molar-refractivity contribution < 1.29 is 9.53 Å². The average molecular weight is 341 g/mol. The van der Waals surface area contributed by atoms with E-state index in [1.807, 2.05) is 24.3 Å². The van der Waals surface area contributed by atoms with Gasteiger partial charge in [-0.3, -0.25) is 4.90 Å². The predicted molar refractivity (Wildman–Crippen MR) is 95.4 cm³/mol. The fraction of sp³-hybridized carbons (Fsp3) is 0.444. The number of carbonyl (C=O) groups excluding carboxylic acids is 1. The summed E-state index contributed by atoms with van der Waals surface area (Å²) in [5.41, 5.74) is 2.65. The van der Waals surface area contributed by atoms with Crippen molar-refractivity contribution >= 4 is 11.7 Å². The van der Waals surface area contributed by atoms with Crippen molar-refractivity contribution in [3.8, 4) is 11.3 Å². The normalized spacial score (nSPS) is 23.7. The van der Waals surface area contributed by atoms with Crippen LogP contribution in [0.15, 0.2) is 36.8 Å². The van der Waals surface area contributed by atoms with Gasteiger partial charge in [-0.15, -0.1) is 0 Å². The summed E-state index contributed by atoms with van der Waals surface area (Å²) in [5, 5.41) is 6.00. The zero-order valence-electron chi connectivity index (χ0n) is 14.1. The number of amides is 2. The maximum Gasteiger partial charge on any atom is 0.319 e. The summed E-state index contributed by atoms with van der Waals surface area (Å²) in [7, 11) is 0. The van der Waals surface area contributed by atoms with E-state index in [9.17, 15) is 4.79 Å². The van der Waals surface area contributed by atoms with Gasteiger partial charge in [0.2, 0.25) is 0 Å². The van der Waals surface area contributed by atoms with E-state index in [2.05, 4.69) is 25.5 Å². The van der Waals surface area contributed by atoms with Crippen LogP contribution in [0.2, 0.25) is 0 Å². The Bertz CT molecular complexity index is 712. The number of nitrogens with one attached hydrogen (secondary N) is 3. The largest absolute Gasteiger partial charge is 0.378 e. The Morgan fingerprint density at radius 2 is 2.16 bits per heavy atom. The summed E-state index contributed by atoms with van der Waals surface area (Å²) in [6, 6.07) is 7.82. The summed E-state index contributed by atoms with van der Waals surface area (Å²) >= 11 is 0. The Hall–Kier alpha value is -2.38. The van der Waals surface area contributed by atoms with E-state index in [0.717, 1.165) is 30.0 Å². The first-order chi connectivity index (χ1) is 12.3. The number of carbonyl (C=O) groups is 1. The summed E-state index contributed by atoms with van der Waals surface area (Å²) in [5.74, 6) is 0. The van der Waals surface area contributed by atoms with Crippen molar-refractivity contribution in [1.82, 2.24) is 20.2 Å². The lowest BCUT2D eigenvalue weighted by Crippen LogP contribution is -2.51. The summed E-state index contributed by atoms with van der Waals surface area (Å²) in [6.07, 6.45) is 5.86. The molecule has 3 N–H and O–H groups in total. The molecule has 7 nitrogen and oxygen atoms in total. The SMILES string of the molecule is O=C(Nc1cccc(-c2cnc[nH]2)c1)N[C@H]1COC[C@@H]1N1CCCC1. The van der Waals surface area contributed by atoms with Gasteiger partial charge in [-0.2, -0.15) is 0 Å². The van der Waals surface area contributed by atoms with Crippen LogP contribution in [-0.2, 0) is 4.74 Å². The van der Waals surface area contributed by atoms with Gasteiger partial charge in [-0.1, -0.05) is 12.1 Å². The van der Waals surface area contributed by atoms with Crippen LogP contribution in [0.3, 0.4) is 0 Å². The number of aromatic nitrogens is 2. The number of H-pyrrole nitrogens is 1. The first kappa shape index (κ1) is 16.1. The molecular formula is C18H23N5O2. The third-order valence-electron chi connectivity index (χ3n) is 4.91. The molecule has 25 heavy (non-hydrogen) atoms. The number of nitrogens with zero attached hydrogens (tertiary/aromatic N) is 2. The van der Waals surface area contributed by atoms with Gasteiger partial charge in [0, 0.05) is 11.3 Å². The number of ether oxygens (including phenoxy) is 1. The minimum Gasteiger partial charge on any atom is -0.378 e. The lowest BCUT2D eigenvalue weighted by atomic mass is 10.1. The molecule has 2 amide bonds. The van der Waals surface area contributed by atoms with E-state index < -0.39 is 0 Å². The number of anilines is 1. The number of hydrogen-bond acceptors (Lipinski definition) is 4. The van der Waals surface area contributed by atoms with Gasteiger partial charge in [0.05, 0.1) is 43.5 Å². The Morgan fingerprint density at radius 3 is 2.96 bits per heavy atom. The minimum absolute atomic E-state index is 0.0360. The second-order valence-corrected chi connectivity index (χ2v) is 6.60. The molecular weight excluding hydrogens is 318 g/mol. The van der Waals surface area contributed by atoms with Crippen molar-refractivity contribution in [3.05, 3.63) is 36.8 Å². The van der Waals surface area contributed by atoms with E-state index >= 15 is 0 Å². The number of rotatable bonds is 4. The van der Waals surface area contributed by atoms with Crippen LogP contribution in [0, 0.1) is 0 Å². The highest BCUT2D eigenvalue weighted by atomic mass is 16.5. The number of aromatic amines is 1. The first-order valence-electron chi connectivity index (χ1n) is 8.78. The molecule has 4 rings (SSSR count). The number of imidazole rings is 1. The van der Waals surface area contributed by atoms with Crippen molar-refractivity contribution in [2.45, 2.75) is 24.9 Å². The molecule has 0 aliphatic carbocycles. The van der Waals surface area contributed by atoms with Crippen molar-refractivity contribution in [2.75, 3.05) is 31.6 Å². The van der Waals surface area contributed by atoms with Gasteiger partial charge in [0.1, 0.15) is 0 Å². The van der Waals surface area contributed by atoms with Gasteiger partial charge >= 0.3 is 6.03 Å². The second-order valence-electron chi connectivity index (χ2n) is 6.60. The second kappa shape index (κ2) is 7.25. The molecule has 2 aromatic rings. The fourth-order valence-corrected chi connectivity index (χ4v) is 3.63. The van der Waals surface area contributed by atoms with Crippen molar-refractivity contribution in [2.24, 2.45) is 0 Å². The van der Waals surface area contributed by atoms with Gasteiger partial charge in [0.15, 0.2) is 0 Å². The topological polar surface area (TPSA) is 82.3 Å². The maximum atomic E-state index is 12.4. The van der Waals surface area contributed by atoms with E-state index in [4.69, 9.17) is 4.74 Å². The molecule has 2 aliphatic rings. The first-order valence-corrected chi connectivity index (χ1v) is 8.78. The van der Waals surface area contributed by atoms with E-state index in [1.54, 1.807) is 12.5 Å². The summed E-state index contributed by atoms with van der Waals surface area (Å²) in [6.45, 7) is 3.46. The van der Waals surface area contributed by atoms with Crippen LogP contribution in [0.4, 0.5) is 10.5 Å². The van der Waals surface area contributed by atoms with Gasteiger partial charge < -0.3 is 20.4 Å². The van der Waals surface area contributed by atoms with Crippen LogP contribution in [0.25, 0.3) is 11.3 Å². The van der Waals surface area contributed by atoms with Crippen molar-refractivity contribution in [1.29, 1.82) is 0 Å². The third-order valence-corrected chi connectivity index (χ3v) is 4.91. The standard InChI is InChI=1S/C18H23N5O2/c24-18(22-16-10-25-11-17(16)23-6-1-2-7-23)21-14-5-3-4-13(8-14)15-9-19-12-20-15/h3-5,8-9,12,16-17H,1-2,6-7,10-11H2,(H,19,20)(H2,21,22,24)/t16-,17-/m0/s1. The van der Waals surface area contributed by atoms with E-state index in [1.165, 1.54) is 12.8 Å². The molecule has 7 heteroatoms. The zero-order chi connectivity index (χ0) is 17.1. The van der Waals surface area contributed by atoms with E-state index in [-0.39, 0.29) is 18.1 Å². The molecule has 2 atom stereocenters. The zero-order valence-corrected chi connectivity index (χ0v) is 14.1. The Kier molecular flexibility index (Phi) is 4.67. The number of urea groups is 1. The molecule has 0 saturated carbocycles. The smallest absolute Gasteiger partial charge is 0.319 e. The van der Waals surface area contributed by atoms with Gasteiger partial charge in [0.25, 0.3) is 0 Å². The maximum absolute atomic E-state index is 12.4. The van der Waals surface area contributed by atoms with Crippen LogP contribution >= 0.6 is 0 Å². The Balaban J connectivity index is 1.38. The Labute approximate surface area is 146 Å². The lowest BCUT2D eigenvalue weighted by molar-refractivity contribution is 0.159. The van der Waals surface area contributed by atoms with Crippen LogP contribution in [-0.4, -0.2) is 59.3 Å². The predicted octanol–water partition coefficient (Wildman–Crippen LogP) is 2.06. The molecule has 2 fully saturated rings. The number of benzene rings is 1. The highest BCUT2D eigenvalue weighted by molar-refractivity contribution is 5.90. The molecule has 3 heterocycles. The number of hydrogen-bond donors (Lipinski definition) is 3. The fourth-order valence-electron chi connectivity index (χ4n) is 3.63. The molecule has 0 spiro atoms.